The maximum Gasteiger partial charge on any atom is 0.0767 e. The molecule has 0 heterocycles. The van der Waals surface area contributed by atoms with Crippen LogP contribution in [0.4, 0.5) is 0 Å². The Morgan fingerprint density at radius 1 is 1.29 bits per heavy atom. The van der Waals surface area contributed by atoms with Crippen molar-refractivity contribution in [1.82, 2.24) is 5.32 Å². The van der Waals surface area contributed by atoms with E-state index in [1.807, 2.05) is 26.1 Å². The average molecular weight is 276 g/mol. The zero-order valence-electron chi connectivity index (χ0n) is 10.5. The Bertz CT molecular complexity index is 357. The van der Waals surface area contributed by atoms with Crippen LogP contribution in [0.2, 0.25) is 10.0 Å². The van der Waals surface area contributed by atoms with Crippen LogP contribution in [0.25, 0.3) is 0 Å². The van der Waals surface area contributed by atoms with Gasteiger partial charge in [-0.05, 0) is 32.0 Å². The van der Waals surface area contributed by atoms with E-state index in [1.54, 1.807) is 6.07 Å². The minimum atomic E-state index is 0.0612. The third-order valence-corrected chi connectivity index (χ3v) is 3.62. The largest absolute Gasteiger partial charge is 0.377 e. The van der Waals surface area contributed by atoms with Crippen LogP contribution in [0, 0.1) is 0 Å². The summed E-state index contributed by atoms with van der Waals surface area (Å²) >= 11 is 12.3. The number of benzene rings is 1. The number of likely N-dealkylation sites (N-methyl/N-ethyl adjacent to an activating group) is 1. The highest BCUT2D eigenvalue weighted by Gasteiger charge is 2.23. The summed E-state index contributed by atoms with van der Waals surface area (Å²) in [6, 6.07) is 5.75. The van der Waals surface area contributed by atoms with Crippen molar-refractivity contribution in [1.29, 1.82) is 0 Å². The monoisotopic (exact) mass is 275 g/mol. The van der Waals surface area contributed by atoms with Gasteiger partial charge in [0, 0.05) is 6.61 Å². The first kappa shape index (κ1) is 14.8. The van der Waals surface area contributed by atoms with E-state index in [1.165, 1.54) is 0 Å². The van der Waals surface area contributed by atoms with Crippen molar-refractivity contribution >= 4 is 23.2 Å². The van der Waals surface area contributed by atoms with E-state index in [0.717, 1.165) is 12.0 Å². The molecule has 0 spiro atoms. The lowest BCUT2D eigenvalue weighted by molar-refractivity contribution is 0.0334. The molecule has 2 unspecified atom stereocenters. The lowest BCUT2D eigenvalue weighted by Gasteiger charge is -2.27. The van der Waals surface area contributed by atoms with Gasteiger partial charge >= 0.3 is 0 Å². The van der Waals surface area contributed by atoms with Gasteiger partial charge in [-0.15, -0.1) is 0 Å². The number of ether oxygens (including phenoxy) is 1. The van der Waals surface area contributed by atoms with Gasteiger partial charge in [0.2, 0.25) is 0 Å². The SMILES string of the molecule is CCOC(CC)C(NC)c1cccc(Cl)c1Cl. The smallest absolute Gasteiger partial charge is 0.0767 e. The van der Waals surface area contributed by atoms with Crippen LogP contribution >= 0.6 is 23.2 Å². The first-order valence-corrected chi connectivity index (χ1v) is 6.64. The molecule has 0 radical (unpaired) electrons. The molecule has 4 heteroatoms. The molecule has 1 aromatic carbocycles. The van der Waals surface area contributed by atoms with E-state index in [2.05, 4.69) is 12.2 Å². The number of hydrogen-bond donors (Lipinski definition) is 1. The summed E-state index contributed by atoms with van der Waals surface area (Å²) in [6.07, 6.45) is 1.02. The van der Waals surface area contributed by atoms with Crippen molar-refractivity contribution < 1.29 is 4.74 Å². The lowest BCUT2D eigenvalue weighted by Crippen LogP contribution is -2.31. The number of rotatable bonds is 6. The lowest BCUT2D eigenvalue weighted by atomic mass is 9.99. The summed E-state index contributed by atoms with van der Waals surface area (Å²) in [6.45, 7) is 4.78. The maximum absolute atomic E-state index is 6.24. The van der Waals surface area contributed by atoms with Crippen LogP contribution in [0.15, 0.2) is 18.2 Å². The first-order valence-electron chi connectivity index (χ1n) is 5.88. The summed E-state index contributed by atoms with van der Waals surface area (Å²) in [5.41, 5.74) is 0.988. The number of halogens is 2. The van der Waals surface area contributed by atoms with Crippen molar-refractivity contribution in [2.24, 2.45) is 0 Å². The second-order valence-corrected chi connectivity index (χ2v) is 4.60. The van der Waals surface area contributed by atoms with Crippen LogP contribution < -0.4 is 5.32 Å². The summed E-state index contributed by atoms with van der Waals surface area (Å²) < 4.78 is 5.73. The third-order valence-electron chi connectivity index (χ3n) is 2.78. The van der Waals surface area contributed by atoms with Gasteiger partial charge in [-0.3, -0.25) is 0 Å². The van der Waals surface area contributed by atoms with E-state index in [9.17, 15) is 0 Å². The molecular formula is C13H19Cl2NO. The Kier molecular flexibility index (Phi) is 6.28. The van der Waals surface area contributed by atoms with Gasteiger partial charge in [-0.1, -0.05) is 42.3 Å². The van der Waals surface area contributed by atoms with Gasteiger partial charge < -0.3 is 10.1 Å². The van der Waals surface area contributed by atoms with E-state index < -0.39 is 0 Å². The Balaban J connectivity index is 3.03. The molecule has 0 bridgehead atoms. The maximum atomic E-state index is 6.24. The fourth-order valence-corrected chi connectivity index (χ4v) is 2.39. The molecule has 1 rings (SSSR count). The fraction of sp³-hybridized carbons (Fsp3) is 0.538. The Morgan fingerprint density at radius 3 is 2.53 bits per heavy atom. The highest BCUT2D eigenvalue weighted by Crippen LogP contribution is 2.32. The summed E-state index contributed by atoms with van der Waals surface area (Å²) in [5.74, 6) is 0. The Labute approximate surface area is 113 Å². The summed E-state index contributed by atoms with van der Waals surface area (Å²) in [7, 11) is 1.91. The van der Waals surface area contributed by atoms with Gasteiger partial charge in [0.1, 0.15) is 0 Å². The van der Waals surface area contributed by atoms with Gasteiger partial charge in [0.15, 0.2) is 0 Å². The zero-order valence-corrected chi connectivity index (χ0v) is 12.0. The van der Waals surface area contributed by atoms with Crippen LogP contribution in [-0.4, -0.2) is 19.8 Å². The van der Waals surface area contributed by atoms with Gasteiger partial charge in [-0.2, -0.15) is 0 Å². The van der Waals surface area contributed by atoms with Crippen molar-refractivity contribution in [2.75, 3.05) is 13.7 Å². The Hall–Kier alpha value is -0.280. The number of hydrogen-bond acceptors (Lipinski definition) is 2. The van der Waals surface area contributed by atoms with Crippen LogP contribution in [0.5, 0.6) is 0 Å². The second-order valence-electron chi connectivity index (χ2n) is 3.81. The highest BCUT2D eigenvalue weighted by atomic mass is 35.5. The van der Waals surface area contributed by atoms with Gasteiger partial charge in [-0.25, -0.2) is 0 Å². The molecule has 1 aromatic rings. The molecule has 0 saturated carbocycles. The third kappa shape index (κ3) is 3.59. The van der Waals surface area contributed by atoms with Crippen molar-refractivity contribution in [3.05, 3.63) is 33.8 Å². The topological polar surface area (TPSA) is 21.3 Å². The quantitative estimate of drug-likeness (QED) is 0.845. The predicted octanol–water partition coefficient (Wildman–Crippen LogP) is 4.07. The van der Waals surface area contributed by atoms with Crippen molar-refractivity contribution in [2.45, 2.75) is 32.4 Å². The van der Waals surface area contributed by atoms with E-state index in [-0.39, 0.29) is 12.1 Å². The highest BCUT2D eigenvalue weighted by molar-refractivity contribution is 6.42. The molecule has 0 aromatic heterocycles. The normalized spacial score (nSPS) is 14.6. The minimum absolute atomic E-state index is 0.0612. The second kappa shape index (κ2) is 7.22. The van der Waals surface area contributed by atoms with Crippen LogP contribution in [0.1, 0.15) is 31.9 Å². The first-order chi connectivity index (χ1) is 8.15. The summed E-state index contributed by atoms with van der Waals surface area (Å²) in [4.78, 5) is 0. The zero-order chi connectivity index (χ0) is 12.8. The molecular weight excluding hydrogens is 257 g/mol. The standard InChI is InChI=1S/C13H19Cl2NO/c1-4-11(17-5-2)13(16-3)9-7-6-8-10(14)12(9)15/h6-8,11,13,16H,4-5H2,1-3H3. The van der Waals surface area contributed by atoms with Gasteiger partial charge in [0.05, 0.1) is 22.2 Å². The predicted molar refractivity (Wildman–Crippen MR) is 74.0 cm³/mol. The molecule has 2 atom stereocenters. The van der Waals surface area contributed by atoms with Crippen LogP contribution in [-0.2, 0) is 4.74 Å². The van der Waals surface area contributed by atoms with Gasteiger partial charge in [0.25, 0.3) is 0 Å². The Morgan fingerprint density at radius 2 is 2.00 bits per heavy atom. The molecule has 96 valence electrons. The molecule has 0 aliphatic rings. The molecule has 0 aliphatic heterocycles. The minimum Gasteiger partial charge on any atom is -0.377 e. The van der Waals surface area contributed by atoms with E-state index in [0.29, 0.717) is 16.7 Å². The summed E-state index contributed by atoms with van der Waals surface area (Å²) in [5, 5.41) is 4.44. The molecule has 1 N–H and O–H groups in total. The van der Waals surface area contributed by atoms with E-state index in [4.69, 9.17) is 27.9 Å². The molecule has 2 nitrogen and oxygen atoms in total. The van der Waals surface area contributed by atoms with Crippen molar-refractivity contribution in [3.63, 3.8) is 0 Å². The average Bonchev–Trinajstić information content (AvgIpc) is 2.34. The molecule has 0 aliphatic carbocycles. The van der Waals surface area contributed by atoms with Crippen LogP contribution in [0.3, 0.4) is 0 Å². The van der Waals surface area contributed by atoms with Crippen molar-refractivity contribution in [3.8, 4) is 0 Å². The molecule has 0 fully saturated rings. The molecule has 0 amide bonds. The van der Waals surface area contributed by atoms with E-state index >= 15 is 0 Å². The fourth-order valence-electron chi connectivity index (χ4n) is 1.97. The molecule has 17 heavy (non-hydrogen) atoms. The molecule has 0 saturated heterocycles. The number of nitrogens with one attached hydrogen (secondary N) is 1.